The van der Waals surface area contributed by atoms with Gasteiger partial charge in [-0.2, -0.15) is 0 Å². The molecule has 0 aliphatic carbocycles. The number of anilines is 1. The SMILES string of the molecule is Cc1ccc(N2CCOCC2C)c(C=O)c1. The van der Waals surface area contributed by atoms with Gasteiger partial charge < -0.3 is 9.64 Å². The second-order valence-corrected chi connectivity index (χ2v) is 4.30. The molecular formula is C13H17NO2. The number of nitrogens with zero attached hydrogens (tertiary/aromatic N) is 1. The minimum absolute atomic E-state index is 0.329. The quantitative estimate of drug-likeness (QED) is 0.713. The number of rotatable bonds is 2. The molecule has 1 saturated heterocycles. The van der Waals surface area contributed by atoms with E-state index in [1.807, 2.05) is 25.1 Å². The van der Waals surface area contributed by atoms with Crippen LogP contribution in [0.25, 0.3) is 0 Å². The Balaban J connectivity index is 2.34. The van der Waals surface area contributed by atoms with Crippen molar-refractivity contribution in [2.45, 2.75) is 19.9 Å². The molecule has 0 saturated carbocycles. The Bertz CT molecular complexity index is 390. The molecule has 0 spiro atoms. The first-order chi connectivity index (χ1) is 7.72. The number of carbonyl (C=O) groups is 1. The molecule has 1 fully saturated rings. The van der Waals surface area contributed by atoms with Gasteiger partial charge in [-0.15, -0.1) is 0 Å². The lowest BCUT2D eigenvalue weighted by Crippen LogP contribution is -2.44. The van der Waals surface area contributed by atoms with Crippen molar-refractivity contribution in [3.63, 3.8) is 0 Å². The first kappa shape index (κ1) is 11.1. The van der Waals surface area contributed by atoms with Gasteiger partial charge >= 0.3 is 0 Å². The Kier molecular flexibility index (Phi) is 3.25. The molecule has 1 unspecified atom stereocenters. The minimum Gasteiger partial charge on any atom is -0.377 e. The van der Waals surface area contributed by atoms with Gasteiger partial charge in [-0.25, -0.2) is 0 Å². The minimum atomic E-state index is 0.329. The van der Waals surface area contributed by atoms with Crippen molar-refractivity contribution >= 4 is 12.0 Å². The summed E-state index contributed by atoms with van der Waals surface area (Å²) in [6.45, 7) is 6.43. The monoisotopic (exact) mass is 219 g/mol. The fraction of sp³-hybridized carbons (Fsp3) is 0.462. The zero-order valence-corrected chi connectivity index (χ0v) is 9.77. The third kappa shape index (κ3) is 2.09. The molecule has 1 heterocycles. The largest absolute Gasteiger partial charge is 0.377 e. The second kappa shape index (κ2) is 4.66. The molecule has 0 amide bonds. The number of carbonyl (C=O) groups excluding carboxylic acids is 1. The van der Waals surface area contributed by atoms with Gasteiger partial charge in [-0.1, -0.05) is 11.6 Å². The molecule has 2 rings (SSSR count). The van der Waals surface area contributed by atoms with E-state index in [1.54, 1.807) is 0 Å². The molecule has 1 atom stereocenters. The summed E-state index contributed by atoms with van der Waals surface area (Å²) in [5.74, 6) is 0. The lowest BCUT2D eigenvalue weighted by molar-refractivity contribution is 0.0985. The molecule has 16 heavy (non-hydrogen) atoms. The number of aldehydes is 1. The van der Waals surface area contributed by atoms with Crippen LogP contribution in [0.15, 0.2) is 18.2 Å². The summed E-state index contributed by atoms with van der Waals surface area (Å²) < 4.78 is 5.40. The average molecular weight is 219 g/mol. The maximum absolute atomic E-state index is 11.1. The van der Waals surface area contributed by atoms with Crippen molar-refractivity contribution in [1.82, 2.24) is 0 Å². The highest BCUT2D eigenvalue weighted by Gasteiger charge is 2.21. The van der Waals surface area contributed by atoms with E-state index in [9.17, 15) is 4.79 Å². The van der Waals surface area contributed by atoms with E-state index in [2.05, 4.69) is 11.8 Å². The molecule has 3 heteroatoms. The highest BCUT2D eigenvalue weighted by molar-refractivity contribution is 5.85. The zero-order chi connectivity index (χ0) is 11.5. The summed E-state index contributed by atoms with van der Waals surface area (Å²) >= 11 is 0. The molecule has 0 aromatic heterocycles. The fourth-order valence-electron chi connectivity index (χ4n) is 2.11. The van der Waals surface area contributed by atoms with Crippen LogP contribution >= 0.6 is 0 Å². The predicted molar refractivity (Wildman–Crippen MR) is 64.2 cm³/mol. The van der Waals surface area contributed by atoms with Gasteiger partial charge in [0.15, 0.2) is 6.29 Å². The Morgan fingerprint density at radius 2 is 2.31 bits per heavy atom. The van der Waals surface area contributed by atoms with E-state index in [-0.39, 0.29) is 0 Å². The number of aryl methyl sites for hydroxylation is 1. The van der Waals surface area contributed by atoms with E-state index in [0.717, 1.165) is 42.9 Å². The van der Waals surface area contributed by atoms with Crippen LogP contribution in [-0.4, -0.2) is 32.1 Å². The summed E-state index contributed by atoms with van der Waals surface area (Å²) in [6.07, 6.45) is 0.935. The second-order valence-electron chi connectivity index (χ2n) is 4.30. The maximum atomic E-state index is 11.1. The van der Waals surface area contributed by atoms with Gasteiger partial charge in [0, 0.05) is 23.8 Å². The van der Waals surface area contributed by atoms with Crippen molar-refractivity contribution in [2.75, 3.05) is 24.7 Å². The molecule has 0 bridgehead atoms. The number of ether oxygens (including phenoxy) is 1. The zero-order valence-electron chi connectivity index (χ0n) is 9.77. The standard InChI is InChI=1S/C13H17NO2/c1-10-3-4-13(12(7-10)8-15)14-5-6-16-9-11(14)2/h3-4,7-8,11H,5-6,9H2,1-2H3. The van der Waals surface area contributed by atoms with E-state index < -0.39 is 0 Å². The molecule has 1 aromatic carbocycles. The van der Waals surface area contributed by atoms with Crippen LogP contribution in [0.2, 0.25) is 0 Å². The highest BCUT2D eigenvalue weighted by atomic mass is 16.5. The van der Waals surface area contributed by atoms with Crippen LogP contribution in [0.4, 0.5) is 5.69 Å². The molecule has 1 aliphatic rings. The van der Waals surface area contributed by atoms with Crippen LogP contribution in [0.3, 0.4) is 0 Å². The lowest BCUT2D eigenvalue weighted by atomic mass is 10.1. The van der Waals surface area contributed by atoms with Crippen molar-refractivity contribution in [3.05, 3.63) is 29.3 Å². The molecular weight excluding hydrogens is 202 g/mol. The number of hydrogen-bond donors (Lipinski definition) is 0. The highest BCUT2D eigenvalue weighted by Crippen LogP contribution is 2.24. The van der Waals surface area contributed by atoms with E-state index >= 15 is 0 Å². The maximum Gasteiger partial charge on any atom is 0.152 e. The Morgan fingerprint density at radius 3 is 3.00 bits per heavy atom. The van der Waals surface area contributed by atoms with E-state index in [0.29, 0.717) is 6.04 Å². The molecule has 1 aliphatic heterocycles. The van der Waals surface area contributed by atoms with Crippen molar-refractivity contribution in [1.29, 1.82) is 0 Å². The summed E-state index contributed by atoms with van der Waals surface area (Å²) in [4.78, 5) is 13.3. The number of morpholine rings is 1. The molecule has 3 nitrogen and oxygen atoms in total. The average Bonchev–Trinajstić information content (AvgIpc) is 2.30. The topological polar surface area (TPSA) is 29.5 Å². The lowest BCUT2D eigenvalue weighted by Gasteiger charge is -2.36. The van der Waals surface area contributed by atoms with Crippen molar-refractivity contribution in [2.24, 2.45) is 0 Å². The Labute approximate surface area is 96.0 Å². The molecule has 1 aromatic rings. The predicted octanol–water partition coefficient (Wildman–Crippen LogP) is 2.03. The summed E-state index contributed by atoms with van der Waals surface area (Å²) in [5.41, 5.74) is 2.91. The first-order valence-corrected chi connectivity index (χ1v) is 5.62. The van der Waals surface area contributed by atoms with E-state index in [4.69, 9.17) is 4.74 Å². The number of hydrogen-bond acceptors (Lipinski definition) is 3. The Morgan fingerprint density at radius 1 is 1.50 bits per heavy atom. The van der Waals surface area contributed by atoms with Gasteiger partial charge in [-0.3, -0.25) is 4.79 Å². The molecule has 0 radical (unpaired) electrons. The van der Waals surface area contributed by atoms with Gasteiger partial charge in [0.1, 0.15) is 0 Å². The van der Waals surface area contributed by atoms with Gasteiger partial charge in [0.05, 0.1) is 13.2 Å². The molecule has 86 valence electrons. The van der Waals surface area contributed by atoms with Crippen molar-refractivity contribution in [3.8, 4) is 0 Å². The van der Waals surface area contributed by atoms with Crippen LogP contribution in [0.5, 0.6) is 0 Å². The Hall–Kier alpha value is -1.35. The fourth-order valence-corrected chi connectivity index (χ4v) is 2.11. The first-order valence-electron chi connectivity index (χ1n) is 5.62. The third-order valence-electron chi connectivity index (χ3n) is 2.99. The number of benzene rings is 1. The smallest absolute Gasteiger partial charge is 0.152 e. The van der Waals surface area contributed by atoms with Gasteiger partial charge in [0.25, 0.3) is 0 Å². The van der Waals surface area contributed by atoms with Crippen LogP contribution in [0, 0.1) is 6.92 Å². The summed E-state index contributed by atoms with van der Waals surface area (Å²) in [5, 5.41) is 0. The van der Waals surface area contributed by atoms with Crippen LogP contribution in [0.1, 0.15) is 22.8 Å². The summed E-state index contributed by atoms with van der Waals surface area (Å²) in [6, 6.07) is 6.34. The van der Waals surface area contributed by atoms with Crippen LogP contribution in [-0.2, 0) is 4.74 Å². The summed E-state index contributed by atoms with van der Waals surface area (Å²) in [7, 11) is 0. The van der Waals surface area contributed by atoms with E-state index in [1.165, 1.54) is 0 Å². The molecule has 0 N–H and O–H groups in total. The van der Waals surface area contributed by atoms with Gasteiger partial charge in [-0.05, 0) is 26.0 Å². The third-order valence-corrected chi connectivity index (χ3v) is 2.99. The van der Waals surface area contributed by atoms with Gasteiger partial charge in [0.2, 0.25) is 0 Å². The van der Waals surface area contributed by atoms with Crippen molar-refractivity contribution < 1.29 is 9.53 Å². The van der Waals surface area contributed by atoms with Crippen LogP contribution < -0.4 is 4.90 Å². The normalized spacial score (nSPS) is 20.9.